The van der Waals surface area contributed by atoms with Crippen LogP contribution in [0.2, 0.25) is 0 Å². The summed E-state index contributed by atoms with van der Waals surface area (Å²) in [6.07, 6.45) is 0.738. The molecule has 1 rings (SSSR count). The van der Waals surface area contributed by atoms with E-state index in [2.05, 4.69) is 5.48 Å². The molecule has 0 fully saturated rings. The largest absolute Gasteiger partial charge is 0.380 e. The van der Waals surface area contributed by atoms with Gasteiger partial charge in [0.25, 0.3) is 0 Å². The average Bonchev–Trinajstić information content (AvgIpc) is 2.15. The van der Waals surface area contributed by atoms with Gasteiger partial charge in [0.1, 0.15) is 6.29 Å². The lowest BCUT2D eigenvalue weighted by atomic mass is 10.2. The van der Waals surface area contributed by atoms with Crippen LogP contribution in [0.1, 0.15) is 17.3 Å². The highest BCUT2D eigenvalue weighted by atomic mass is 16.7. The van der Waals surface area contributed by atoms with Crippen molar-refractivity contribution in [2.45, 2.75) is 6.92 Å². The number of hydroxylamine groups is 1. The van der Waals surface area contributed by atoms with Crippen LogP contribution in [0.25, 0.3) is 0 Å². The number of hydrogen-bond acceptors (Lipinski definition) is 3. The van der Waals surface area contributed by atoms with Crippen molar-refractivity contribution < 1.29 is 14.4 Å². The van der Waals surface area contributed by atoms with Gasteiger partial charge < -0.3 is 4.84 Å². The predicted molar refractivity (Wildman–Crippen MR) is 46.3 cm³/mol. The third kappa shape index (κ3) is 2.94. The van der Waals surface area contributed by atoms with Crippen molar-refractivity contribution in [1.29, 1.82) is 0 Å². The molecule has 0 bridgehead atoms. The second-order valence-electron chi connectivity index (χ2n) is 2.45. The Bertz CT molecular complexity index is 305. The second-order valence-corrected chi connectivity index (χ2v) is 2.45. The number of rotatable bonds is 3. The molecule has 0 atom stereocenters. The first-order valence-corrected chi connectivity index (χ1v) is 3.71. The first kappa shape index (κ1) is 9.25. The van der Waals surface area contributed by atoms with Crippen molar-refractivity contribution in [3.05, 3.63) is 29.8 Å². The Morgan fingerprint density at radius 3 is 2.46 bits per heavy atom. The zero-order chi connectivity index (χ0) is 9.68. The normalized spacial score (nSPS) is 9.00. The Morgan fingerprint density at radius 1 is 1.38 bits per heavy atom. The van der Waals surface area contributed by atoms with E-state index in [1.165, 1.54) is 6.92 Å². The Morgan fingerprint density at radius 2 is 2.00 bits per heavy atom. The van der Waals surface area contributed by atoms with Crippen LogP contribution in [-0.4, -0.2) is 12.2 Å². The van der Waals surface area contributed by atoms with E-state index >= 15 is 0 Å². The summed E-state index contributed by atoms with van der Waals surface area (Å²) in [4.78, 5) is 25.6. The van der Waals surface area contributed by atoms with Crippen LogP contribution in [0.3, 0.4) is 0 Å². The van der Waals surface area contributed by atoms with Gasteiger partial charge in [-0.1, -0.05) is 0 Å². The van der Waals surface area contributed by atoms with Crippen LogP contribution < -0.4 is 10.3 Å². The maximum absolute atomic E-state index is 10.4. The summed E-state index contributed by atoms with van der Waals surface area (Å²) in [5.74, 6) is 0.209. The summed E-state index contributed by atoms with van der Waals surface area (Å²) in [5, 5.41) is 0. The second kappa shape index (κ2) is 4.25. The van der Waals surface area contributed by atoms with Crippen LogP contribution >= 0.6 is 0 Å². The third-order valence-electron chi connectivity index (χ3n) is 1.33. The summed E-state index contributed by atoms with van der Waals surface area (Å²) in [5.41, 5.74) is 2.74. The van der Waals surface area contributed by atoms with Gasteiger partial charge in [-0.25, -0.2) is 0 Å². The van der Waals surface area contributed by atoms with Gasteiger partial charge in [0.05, 0.1) is 0 Å². The summed E-state index contributed by atoms with van der Waals surface area (Å²) in [7, 11) is 0. The summed E-state index contributed by atoms with van der Waals surface area (Å²) in [6.45, 7) is 1.35. The molecule has 0 aliphatic heterocycles. The summed E-state index contributed by atoms with van der Waals surface area (Å²) in [6, 6.07) is 6.40. The Hall–Kier alpha value is -1.84. The minimum Gasteiger partial charge on any atom is -0.380 e. The summed E-state index contributed by atoms with van der Waals surface area (Å²) < 4.78 is 0. The van der Waals surface area contributed by atoms with E-state index in [0.717, 1.165) is 6.29 Å². The van der Waals surface area contributed by atoms with Crippen molar-refractivity contribution >= 4 is 12.2 Å². The molecule has 0 radical (unpaired) electrons. The Kier molecular flexibility index (Phi) is 3.03. The van der Waals surface area contributed by atoms with Gasteiger partial charge in [-0.2, -0.15) is 5.48 Å². The standard InChI is InChI=1S/C9H9NO3/c1-7(12)10-13-9-4-2-8(6-11)3-5-9/h2-6H,1H3,(H,10,12). The van der Waals surface area contributed by atoms with Gasteiger partial charge >= 0.3 is 0 Å². The van der Waals surface area contributed by atoms with E-state index in [1.807, 2.05) is 0 Å². The number of hydrogen-bond donors (Lipinski definition) is 1. The minimum atomic E-state index is -0.278. The van der Waals surface area contributed by atoms with Crippen molar-refractivity contribution in [2.24, 2.45) is 0 Å². The number of aldehydes is 1. The number of amides is 1. The number of carbonyl (C=O) groups excluding carboxylic acids is 2. The highest BCUT2D eigenvalue weighted by molar-refractivity contribution is 5.75. The first-order valence-electron chi connectivity index (χ1n) is 3.71. The molecule has 0 saturated heterocycles. The van der Waals surface area contributed by atoms with E-state index in [0.29, 0.717) is 11.3 Å². The lowest BCUT2D eigenvalue weighted by molar-refractivity contribution is -0.125. The molecule has 1 N–H and O–H groups in total. The van der Waals surface area contributed by atoms with Gasteiger partial charge in [-0.3, -0.25) is 9.59 Å². The molecule has 1 aromatic carbocycles. The zero-order valence-corrected chi connectivity index (χ0v) is 7.11. The predicted octanol–water partition coefficient (Wildman–Crippen LogP) is 0.929. The molecular weight excluding hydrogens is 170 g/mol. The highest BCUT2D eigenvalue weighted by Crippen LogP contribution is 2.09. The molecule has 13 heavy (non-hydrogen) atoms. The molecule has 0 aliphatic carbocycles. The lowest BCUT2D eigenvalue weighted by Crippen LogP contribution is -2.23. The van der Waals surface area contributed by atoms with Gasteiger partial charge in [-0.15, -0.1) is 0 Å². The van der Waals surface area contributed by atoms with Crippen LogP contribution in [0.5, 0.6) is 5.75 Å². The van der Waals surface area contributed by atoms with E-state index in [1.54, 1.807) is 24.3 Å². The molecular formula is C9H9NO3. The molecule has 68 valence electrons. The SMILES string of the molecule is CC(=O)NOc1ccc(C=O)cc1. The van der Waals surface area contributed by atoms with Gasteiger partial charge in [-0.05, 0) is 24.3 Å². The van der Waals surface area contributed by atoms with E-state index in [4.69, 9.17) is 4.84 Å². The smallest absolute Gasteiger partial charge is 0.249 e. The molecule has 4 nitrogen and oxygen atoms in total. The maximum Gasteiger partial charge on any atom is 0.249 e. The zero-order valence-electron chi connectivity index (χ0n) is 7.11. The number of benzene rings is 1. The van der Waals surface area contributed by atoms with Crippen molar-refractivity contribution in [3.63, 3.8) is 0 Å². The van der Waals surface area contributed by atoms with Crippen molar-refractivity contribution in [2.75, 3.05) is 0 Å². The van der Waals surface area contributed by atoms with Crippen LogP contribution in [0.15, 0.2) is 24.3 Å². The van der Waals surface area contributed by atoms with Crippen LogP contribution in [0, 0.1) is 0 Å². The monoisotopic (exact) mass is 179 g/mol. The average molecular weight is 179 g/mol. The number of carbonyl (C=O) groups is 2. The van der Waals surface area contributed by atoms with E-state index in [9.17, 15) is 9.59 Å². The van der Waals surface area contributed by atoms with Crippen molar-refractivity contribution in [1.82, 2.24) is 5.48 Å². The van der Waals surface area contributed by atoms with Gasteiger partial charge in [0.15, 0.2) is 5.75 Å². The van der Waals surface area contributed by atoms with E-state index in [-0.39, 0.29) is 5.91 Å². The van der Waals surface area contributed by atoms with Crippen LogP contribution in [0.4, 0.5) is 0 Å². The fourth-order valence-electron chi connectivity index (χ4n) is 0.745. The maximum atomic E-state index is 10.4. The molecule has 0 aliphatic rings. The molecule has 0 saturated carbocycles. The summed E-state index contributed by atoms with van der Waals surface area (Å²) >= 11 is 0. The molecule has 1 amide bonds. The first-order chi connectivity index (χ1) is 6.22. The molecule has 0 unspecified atom stereocenters. The fourth-order valence-corrected chi connectivity index (χ4v) is 0.745. The highest BCUT2D eigenvalue weighted by Gasteiger charge is 1.95. The molecule has 1 aromatic rings. The van der Waals surface area contributed by atoms with Gasteiger partial charge in [0, 0.05) is 12.5 Å². The van der Waals surface area contributed by atoms with E-state index < -0.39 is 0 Å². The third-order valence-corrected chi connectivity index (χ3v) is 1.33. The molecule has 0 heterocycles. The molecule has 0 aromatic heterocycles. The lowest BCUT2D eigenvalue weighted by Gasteiger charge is -2.03. The van der Waals surface area contributed by atoms with Gasteiger partial charge in [0.2, 0.25) is 5.91 Å². The Balaban J connectivity index is 2.59. The molecule has 0 spiro atoms. The Labute approximate surface area is 75.5 Å². The quantitative estimate of drug-likeness (QED) is 0.554. The molecule has 4 heteroatoms. The fraction of sp³-hybridized carbons (Fsp3) is 0.111. The van der Waals surface area contributed by atoms with Crippen LogP contribution in [-0.2, 0) is 4.79 Å². The number of nitrogens with one attached hydrogen (secondary N) is 1. The topological polar surface area (TPSA) is 55.4 Å². The minimum absolute atomic E-state index is 0.278. The van der Waals surface area contributed by atoms with Crippen molar-refractivity contribution in [3.8, 4) is 5.75 Å².